The molecule has 2 amide bonds. The highest BCUT2D eigenvalue weighted by Gasteiger charge is 2.32. The Labute approximate surface area is 79.8 Å². The summed E-state index contributed by atoms with van der Waals surface area (Å²) in [6, 6.07) is 0. The zero-order chi connectivity index (χ0) is 10.6. The Hall–Kier alpha value is -1.56. The number of amides is 2. The monoisotopic (exact) mass is 199 g/mol. The first-order valence-electron chi connectivity index (χ1n) is 4.10. The van der Waals surface area contributed by atoms with Gasteiger partial charge in [-0.25, -0.2) is 0 Å². The van der Waals surface area contributed by atoms with Crippen molar-refractivity contribution in [3.63, 3.8) is 0 Å². The third kappa shape index (κ3) is 2.23. The molecule has 1 rings (SSSR count). The Balaban J connectivity index is 2.56. The topological polar surface area (TPSA) is 80.8 Å². The minimum absolute atomic E-state index is 0.0888. The number of nitrogens with zero attached hydrogens (tertiary/aromatic N) is 1. The first-order valence-corrected chi connectivity index (χ1v) is 4.10. The van der Waals surface area contributed by atoms with Crippen molar-refractivity contribution >= 4 is 24.4 Å². The highest BCUT2D eigenvalue weighted by molar-refractivity contribution is 6.00. The smallest absolute Gasteiger partial charge is 0.254 e. The van der Waals surface area contributed by atoms with E-state index in [1.165, 1.54) is 0 Å². The quantitative estimate of drug-likeness (QED) is 0.428. The Morgan fingerprint density at radius 2 is 1.86 bits per heavy atom. The van der Waals surface area contributed by atoms with Crippen LogP contribution in [0.4, 0.5) is 0 Å². The molecule has 0 aromatic rings. The van der Waals surface area contributed by atoms with Gasteiger partial charge in [0.25, 0.3) is 11.8 Å². The first kappa shape index (κ1) is 10.5. The van der Waals surface area contributed by atoms with Gasteiger partial charge in [-0.2, -0.15) is 5.06 Å². The lowest BCUT2D eigenvalue weighted by Crippen LogP contribution is -2.34. The van der Waals surface area contributed by atoms with Crippen LogP contribution in [0.25, 0.3) is 0 Å². The van der Waals surface area contributed by atoms with E-state index in [0.29, 0.717) is 17.6 Å². The van der Waals surface area contributed by atoms with Crippen LogP contribution in [0, 0.1) is 0 Å². The van der Waals surface area contributed by atoms with Crippen LogP contribution < -0.4 is 0 Å². The lowest BCUT2D eigenvalue weighted by atomic mass is 10.3. The van der Waals surface area contributed by atoms with E-state index in [-0.39, 0.29) is 19.3 Å². The Kier molecular flexibility index (Phi) is 3.47. The van der Waals surface area contributed by atoms with E-state index < -0.39 is 17.9 Å². The van der Waals surface area contributed by atoms with E-state index in [2.05, 4.69) is 0 Å². The van der Waals surface area contributed by atoms with Gasteiger partial charge in [-0.05, 0) is 0 Å². The van der Waals surface area contributed by atoms with E-state index in [0.717, 1.165) is 0 Å². The highest BCUT2D eigenvalue weighted by atomic mass is 16.7. The summed E-state index contributed by atoms with van der Waals surface area (Å²) < 4.78 is 0. The van der Waals surface area contributed by atoms with Crippen molar-refractivity contribution < 1.29 is 24.0 Å². The number of aldehydes is 2. The lowest BCUT2D eigenvalue weighted by Gasteiger charge is -2.16. The molecule has 0 spiro atoms. The maximum Gasteiger partial charge on any atom is 0.254 e. The lowest BCUT2D eigenvalue weighted by molar-refractivity contribution is -0.200. The molecule has 0 bridgehead atoms. The average Bonchev–Trinajstić information content (AvgIpc) is 2.48. The molecule has 0 aromatic carbocycles. The minimum Gasteiger partial charge on any atom is -0.303 e. The van der Waals surface area contributed by atoms with E-state index in [9.17, 15) is 19.2 Å². The third-order valence-electron chi connectivity index (χ3n) is 1.73. The van der Waals surface area contributed by atoms with Gasteiger partial charge in [0.1, 0.15) is 12.4 Å². The molecule has 0 radical (unpaired) electrons. The predicted molar refractivity (Wildman–Crippen MR) is 42.7 cm³/mol. The van der Waals surface area contributed by atoms with E-state index >= 15 is 0 Å². The molecule has 76 valence electrons. The normalized spacial score (nSPS) is 18.4. The van der Waals surface area contributed by atoms with Crippen LogP contribution in [-0.4, -0.2) is 35.6 Å². The number of rotatable bonds is 5. The van der Waals surface area contributed by atoms with Crippen LogP contribution in [0.5, 0.6) is 0 Å². The number of hydrogen-bond acceptors (Lipinski definition) is 5. The summed E-state index contributed by atoms with van der Waals surface area (Å²) in [4.78, 5) is 47.2. The van der Waals surface area contributed by atoms with Gasteiger partial charge in [-0.1, -0.05) is 0 Å². The second-order valence-electron chi connectivity index (χ2n) is 2.76. The molecule has 0 saturated carbocycles. The van der Waals surface area contributed by atoms with Crippen molar-refractivity contribution in [3.8, 4) is 0 Å². The largest absolute Gasteiger partial charge is 0.303 e. The fourth-order valence-corrected chi connectivity index (χ4v) is 1.03. The summed E-state index contributed by atoms with van der Waals surface area (Å²) >= 11 is 0. The second-order valence-corrected chi connectivity index (χ2v) is 2.76. The van der Waals surface area contributed by atoms with Crippen molar-refractivity contribution in [1.29, 1.82) is 0 Å². The molecular weight excluding hydrogens is 190 g/mol. The number of hydrogen-bond donors (Lipinski definition) is 0. The molecular formula is C8H9NO5. The van der Waals surface area contributed by atoms with Gasteiger partial charge in [0.15, 0.2) is 6.29 Å². The summed E-state index contributed by atoms with van der Waals surface area (Å²) in [5.41, 5.74) is 0. The van der Waals surface area contributed by atoms with Gasteiger partial charge in [0.2, 0.25) is 0 Å². The van der Waals surface area contributed by atoms with Gasteiger partial charge in [0, 0.05) is 19.3 Å². The van der Waals surface area contributed by atoms with Crippen molar-refractivity contribution in [1.82, 2.24) is 5.06 Å². The summed E-state index contributed by atoms with van der Waals surface area (Å²) in [6.45, 7) is 0. The summed E-state index contributed by atoms with van der Waals surface area (Å²) in [5, 5.41) is 0.558. The first-order chi connectivity index (χ1) is 6.69. The predicted octanol–water partition coefficient (Wildman–Crippen LogP) is -0.777. The van der Waals surface area contributed by atoms with Crippen LogP contribution in [-0.2, 0) is 24.0 Å². The zero-order valence-electron chi connectivity index (χ0n) is 7.34. The van der Waals surface area contributed by atoms with Crippen molar-refractivity contribution in [2.24, 2.45) is 0 Å². The highest BCUT2D eigenvalue weighted by Crippen LogP contribution is 2.13. The average molecular weight is 199 g/mol. The van der Waals surface area contributed by atoms with Gasteiger partial charge >= 0.3 is 0 Å². The fourth-order valence-electron chi connectivity index (χ4n) is 1.03. The number of imide groups is 1. The molecule has 1 unspecified atom stereocenters. The summed E-state index contributed by atoms with van der Waals surface area (Å²) in [5.74, 6) is -0.958. The minimum atomic E-state index is -1.06. The van der Waals surface area contributed by atoms with Gasteiger partial charge in [0.05, 0.1) is 0 Å². The van der Waals surface area contributed by atoms with Crippen LogP contribution in [0.2, 0.25) is 0 Å². The zero-order valence-corrected chi connectivity index (χ0v) is 7.34. The van der Waals surface area contributed by atoms with E-state index in [1.807, 2.05) is 0 Å². The maximum atomic E-state index is 11.0. The van der Waals surface area contributed by atoms with Gasteiger partial charge in [-0.3, -0.25) is 14.4 Å². The molecule has 1 saturated heterocycles. The van der Waals surface area contributed by atoms with Gasteiger partial charge < -0.3 is 9.59 Å². The molecule has 1 atom stereocenters. The van der Waals surface area contributed by atoms with E-state index in [1.54, 1.807) is 0 Å². The Morgan fingerprint density at radius 1 is 1.29 bits per heavy atom. The van der Waals surface area contributed by atoms with Crippen molar-refractivity contribution in [2.45, 2.75) is 25.4 Å². The molecule has 1 aliphatic rings. The molecule has 6 nitrogen and oxygen atoms in total. The molecule has 1 aliphatic heterocycles. The molecule has 14 heavy (non-hydrogen) atoms. The van der Waals surface area contributed by atoms with E-state index in [4.69, 9.17) is 4.84 Å². The molecule has 0 aliphatic carbocycles. The third-order valence-corrected chi connectivity index (χ3v) is 1.73. The van der Waals surface area contributed by atoms with Crippen LogP contribution in [0.3, 0.4) is 0 Å². The number of carbonyl (C=O) groups excluding carboxylic acids is 4. The Bertz CT molecular complexity index is 259. The van der Waals surface area contributed by atoms with Gasteiger partial charge in [-0.15, -0.1) is 0 Å². The van der Waals surface area contributed by atoms with Crippen LogP contribution in [0.1, 0.15) is 19.3 Å². The van der Waals surface area contributed by atoms with Crippen LogP contribution >= 0.6 is 0 Å². The molecule has 0 N–H and O–H groups in total. The van der Waals surface area contributed by atoms with Crippen LogP contribution in [0.15, 0.2) is 0 Å². The number of carbonyl (C=O) groups is 4. The molecule has 0 aromatic heterocycles. The maximum absolute atomic E-state index is 11.0. The fraction of sp³-hybridized carbons (Fsp3) is 0.500. The Morgan fingerprint density at radius 3 is 2.29 bits per heavy atom. The summed E-state index contributed by atoms with van der Waals surface area (Å²) in [6.07, 6.45) is -0.173. The SMILES string of the molecule is O=CCC(C=O)ON1C(=O)CCC1=O. The summed E-state index contributed by atoms with van der Waals surface area (Å²) in [7, 11) is 0. The second kappa shape index (κ2) is 4.61. The number of hydroxylamine groups is 2. The standard InChI is InChI=1S/C8H9NO5/c10-4-3-6(5-11)14-9-7(12)1-2-8(9)13/h4-6H,1-3H2. The molecule has 6 heteroatoms. The molecule has 1 heterocycles. The molecule has 1 fully saturated rings. The van der Waals surface area contributed by atoms with Crippen molar-refractivity contribution in [2.75, 3.05) is 0 Å². The van der Waals surface area contributed by atoms with Crippen molar-refractivity contribution in [3.05, 3.63) is 0 Å².